The molecule has 1 aliphatic rings. The van der Waals surface area contributed by atoms with Crippen molar-refractivity contribution in [2.45, 2.75) is 6.19 Å². The average Bonchev–Trinajstić information content (AvgIpc) is 2.05. The molecule has 1 rings (SSSR count). The standard InChI is InChI=1S/C5H9BF3NO/c7-5(6(8)9)10-1-3-11-4-2-10/h5H,1-4H2. The average molecular weight is 167 g/mol. The van der Waals surface area contributed by atoms with E-state index in [1.54, 1.807) is 0 Å². The van der Waals surface area contributed by atoms with E-state index < -0.39 is 13.5 Å². The SMILES string of the molecule is FB(F)C(F)N1CCOCC1. The molecule has 1 atom stereocenters. The Kier molecular flexibility index (Phi) is 3.20. The summed E-state index contributed by atoms with van der Waals surface area (Å²) < 4.78 is 40.9. The molecule has 11 heavy (non-hydrogen) atoms. The zero-order valence-electron chi connectivity index (χ0n) is 5.97. The first kappa shape index (κ1) is 8.87. The summed E-state index contributed by atoms with van der Waals surface area (Å²) in [5, 5.41) is 0. The van der Waals surface area contributed by atoms with Gasteiger partial charge in [-0.2, -0.15) is 0 Å². The van der Waals surface area contributed by atoms with Crippen LogP contribution in [0, 0.1) is 0 Å². The lowest BCUT2D eigenvalue weighted by atomic mass is 9.96. The van der Waals surface area contributed by atoms with Crippen molar-refractivity contribution in [2.24, 2.45) is 0 Å². The van der Waals surface area contributed by atoms with Crippen LogP contribution >= 0.6 is 0 Å². The lowest BCUT2D eigenvalue weighted by Gasteiger charge is -2.28. The summed E-state index contributed by atoms with van der Waals surface area (Å²) in [5.41, 5.74) is 0. The minimum atomic E-state index is -2.91. The number of hydrogen-bond acceptors (Lipinski definition) is 2. The van der Waals surface area contributed by atoms with Crippen LogP contribution in [-0.4, -0.2) is 44.7 Å². The van der Waals surface area contributed by atoms with Crippen LogP contribution in [0.5, 0.6) is 0 Å². The third-order valence-electron chi connectivity index (χ3n) is 1.60. The van der Waals surface area contributed by atoms with E-state index in [0.29, 0.717) is 13.2 Å². The van der Waals surface area contributed by atoms with E-state index in [-0.39, 0.29) is 13.1 Å². The molecule has 0 amide bonds. The molecule has 0 N–H and O–H groups in total. The van der Waals surface area contributed by atoms with Crippen LogP contribution in [0.1, 0.15) is 0 Å². The van der Waals surface area contributed by atoms with Crippen molar-refractivity contribution in [1.29, 1.82) is 0 Å². The van der Waals surface area contributed by atoms with Gasteiger partial charge in [-0.3, -0.25) is 13.5 Å². The summed E-state index contributed by atoms with van der Waals surface area (Å²) in [6.45, 7) is 1.19. The smallest absolute Gasteiger partial charge is 0.379 e. The van der Waals surface area contributed by atoms with Gasteiger partial charge in [-0.05, 0) is 0 Å². The van der Waals surface area contributed by atoms with Crippen molar-refractivity contribution in [3.63, 3.8) is 0 Å². The normalized spacial score (nSPS) is 23.2. The van der Waals surface area contributed by atoms with Gasteiger partial charge in [-0.25, -0.2) is 4.39 Å². The number of hydrogen-bond donors (Lipinski definition) is 0. The van der Waals surface area contributed by atoms with Crippen molar-refractivity contribution >= 4 is 7.27 Å². The summed E-state index contributed by atoms with van der Waals surface area (Å²) in [7, 11) is -2.91. The maximum atomic E-state index is 12.5. The van der Waals surface area contributed by atoms with Gasteiger partial charge in [0.15, 0.2) is 6.19 Å². The Balaban J connectivity index is 2.32. The third-order valence-corrected chi connectivity index (χ3v) is 1.60. The van der Waals surface area contributed by atoms with Gasteiger partial charge in [0.1, 0.15) is 0 Å². The largest absolute Gasteiger partial charge is 0.586 e. The summed E-state index contributed by atoms with van der Waals surface area (Å²) in [6, 6.07) is 0. The number of nitrogens with zero attached hydrogens (tertiary/aromatic N) is 1. The number of halogens is 3. The predicted octanol–water partition coefficient (Wildman–Crippen LogP) is 0.581. The lowest BCUT2D eigenvalue weighted by Crippen LogP contribution is -2.46. The molecule has 1 aliphatic heterocycles. The van der Waals surface area contributed by atoms with Gasteiger partial charge in [0.2, 0.25) is 0 Å². The van der Waals surface area contributed by atoms with Crippen molar-refractivity contribution in [2.75, 3.05) is 26.3 Å². The molecule has 0 aromatic rings. The molecule has 1 saturated heterocycles. The van der Waals surface area contributed by atoms with Crippen molar-refractivity contribution in [1.82, 2.24) is 4.90 Å². The van der Waals surface area contributed by atoms with Crippen LogP contribution < -0.4 is 0 Å². The lowest BCUT2D eigenvalue weighted by molar-refractivity contribution is -0.0000992. The Morgan fingerprint density at radius 3 is 2.27 bits per heavy atom. The molecule has 2 nitrogen and oxygen atoms in total. The third kappa shape index (κ3) is 2.37. The Hall–Kier alpha value is -0.225. The van der Waals surface area contributed by atoms with Crippen LogP contribution in [0.15, 0.2) is 0 Å². The summed E-state index contributed by atoms with van der Waals surface area (Å²) in [4.78, 5) is 1.09. The maximum Gasteiger partial charge on any atom is 0.586 e. The molecular weight excluding hydrogens is 158 g/mol. The molecule has 1 heterocycles. The zero-order chi connectivity index (χ0) is 8.27. The molecule has 0 bridgehead atoms. The van der Waals surface area contributed by atoms with Crippen molar-refractivity contribution in [3.05, 3.63) is 0 Å². The van der Waals surface area contributed by atoms with E-state index >= 15 is 0 Å². The molecule has 0 aromatic heterocycles. The van der Waals surface area contributed by atoms with Crippen LogP contribution in [0.2, 0.25) is 0 Å². The topological polar surface area (TPSA) is 12.5 Å². The van der Waals surface area contributed by atoms with Gasteiger partial charge >= 0.3 is 7.27 Å². The van der Waals surface area contributed by atoms with E-state index in [4.69, 9.17) is 4.74 Å². The molecule has 0 saturated carbocycles. The van der Waals surface area contributed by atoms with Crippen LogP contribution in [-0.2, 0) is 4.74 Å². The number of ether oxygens (including phenoxy) is 1. The minimum absolute atomic E-state index is 0.255. The highest BCUT2D eigenvalue weighted by atomic mass is 19.2. The molecule has 6 heteroatoms. The monoisotopic (exact) mass is 167 g/mol. The van der Waals surface area contributed by atoms with E-state index in [0.717, 1.165) is 4.90 Å². The van der Waals surface area contributed by atoms with E-state index in [9.17, 15) is 13.0 Å². The first-order valence-corrected chi connectivity index (χ1v) is 3.46. The second-order valence-electron chi connectivity index (χ2n) is 2.36. The predicted molar refractivity (Wildman–Crippen MR) is 35.3 cm³/mol. The van der Waals surface area contributed by atoms with Gasteiger partial charge in [0, 0.05) is 13.1 Å². The van der Waals surface area contributed by atoms with Crippen molar-refractivity contribution in [3.8, 4) is 0 Å². The minimum Gasteiger partial charge on any atom is -0.379 e. The summed E-state index contributed by atoms with van der Waals surface area (Å²) in [6.07, 6.45) is -2.13. The molecule has 0 aromatic carbocycles. The van der Waals surface area contributed by atoms with E-state index in [1.807, 2.05) is 0 Å². The molecule has 0 radical (unpaired) electrons. The van der Waals surface area contributed by atoms with Gasteiger partial charge in [-0.15, -0.1) is 0 Å². The number of alkyl halides is 1. The fraction of sp³-hybridized carbons (Fsp3) is 1.00. The van der Waals surface area contributed by atoms with Gasteiger partial charge in [0.25, 0.3) is 0 Å². The number of rotatable bonds is 2. The first-order valence-electron chi connectivity index (χ1n) is 3.46. The van der Waals surface area contributed by atoms with E-state index in [2.05, 4.69) is 0 Å². The fourth-order valence-corrected chi connectivity index (χ4v) is 0.983. The summed E-state index contributed by atoms with van der Waals surface area (Å²) in [5.74, 6) is 0. The highest BCUT2D eigenvalue weighted by Gasteiger charge is 2.34. The molecular formula is C5H9BF3NO. The second kappa shape index (κ2) is 3.97. The molecule has 64 valence electrons. The highest BCUT2D eigenvalue weighted by Crippen LogP contribution is 2.09. The van der Waals surface area contributed by atoms with Crippen molar-refractivity contribution < 1.29 is 17.8 Å². The Morgan fingerprint density at radius 1 is 1.27 bits per heavy atom. The Morgan fingerprint density at radius 2 is 1.82 bits per heavy atom. The maximum absolute atomic E-state index is 12.5. The Labute approximate surface area is 63.5 Å². The fourth-order valence-electron chi connectivity index (χ4n) is 0.983. The zero-order valence-corrected chi connectivity index (χ0v) is 5.97. The van der Waals surface area contributed by atoms with Gasteiger partial charge in [-0.1, -0.05) is 0 Å². The molecule has 1 unspecified atom stereocenters. The Bertz CT molecular complexity index is 120. The summed E-state index contributed by atoms with van der Waals surface area (Å²) >= 11 is 0. The van der Waals surface area contributed by atoms with Gasteiger partial charge < -0.3 is 4.74 Å². The van der Waals surface area contributed by atoms with Crippen LogP contribution in [0.3, 0.4) is 0 Å². The van der Waals surface area contributed by atoms with Gasteiger partial charge in [0.05, 0.1) is 13.2 Å². The molecule has 0 aliphatic carbocycles. The number of morpholine rings is 1. The van der Waals surface area contributed by atoms with E-state index in [1.165, 1.54) is 0 Å². The quantitative estimate of drug-likeness (QED) is 0.440. The molecule has 0 spiro atoms. The molecule has 1 fully saturated rings. The highest BCUT2D eigenvalue weighted by molar-refractivity contribution is 6.44. The second-order valence-corrected chi connectivity index (χ2v) is 2.36. The van der Waals surface area contributed by atoms with Crippen LogP contribution in [0.4, 0.5) is 13.0 Å². The first-order chi connectivity index (χ1) is 5.22. The van der Waals surface area contributed by atoms with Crippen LogP contribution in [0.25, 0.3) is 0 Å².